The van der Waals surface area contributed by atoms with E-state index in [4.69, 9.17) is 4.74 Å². The third-order valence-corrected chi connectivity index (χ3v) is 7.68. The van der Waals surface area contributed by atoms with E-state index >= 15 is 0 Å². The van der Waals surface area contributed by atoms with Crippen molar-refractivity contribution in [1.82, 2.24) is 10.2 Å². The SMILES string of the molecule is CN=C(NCC1CCOc2ccccc21)N1CCS(=O)(=O)C(C)(C)C1.I. The number of hydrogen-bond acceptors (Lipinski definition) is 4. The van der Waals surface area contributed by atoms with Gasteiger partial charge in [0.05, 0.1) is 17.1 Å². The number of fused-ring (bicyclic) bond motifs is 1. The molecule has 1 atom stereocenters. The highest BCUT2D eigenvalue weighted by Crippen LogP contribution is 2.32. The van der Waals surface area contributed by atoms with E-state index in [-0.39, 0.29) is 29.7 Å². The van der Waals surface area contributed by atoms with Crippen LogP contribution >= 0.6 is 24.0 Å². The summed E-state index contributed by atoms with van der Waals surface area (Å²) in [6.45, 7) is 6.00. The predicted molar refractivity (Wildman–Crippen MR) is 116 cm³/mol. The Morgan fingerprint density at radius 1 is 1.38 bits per heavy atom. The van der Waals surface area contributed by atoms with Crippen LogP contribution in [0.2, 0.25) is 0 Å². The van der Waals surface area contributed by atoms with Crippen molar-refractivity contribution >= 4 is 39.8 Å². The van der Waals surface area contributed by atoms with Gasteiger partial charge in [-0.1, -0.05) is 18.2 Å². The summed E-state index contributed by atoms with van der Waals surface area (Å²) in [7, 11) is -1.31. The van der Waals surface area contributed by atoms with Crippen LogP contribution in [0.4, 0.5) is 0 Å². The number of rotatable bonds is 2. The molecule has 0 spiro atoms. The van der Waals surface area contributed by atoms with Crippen LogP contribution in [-0.2, 0) is 9.84 Å². The number of sulfone groups is 1. The van der Waals surface area contributed by atoms with Crippen LogP contribution < -0.4 is 10.1 Å². The Hall–Kier alpha value is -1.03. The first-order chi connectivity index (χ1) is 11.8. The molecule has 0 aromatic heterocycles. The summed E-state index contributed by atoms with van der Waals surface area (Å²) in [6.07, 6.45) is 0.959. The lowest BCUT2D eigenvalue weighted by atomic mass is 9.93. The van der Waals surface area contributed by atoms with Gasteiger partial charge in [0.1, 0.15) is 5.75 Å². The molecule has 2 aliphatic heterocycles. The molecule has 1 N–H and O–H groups in total. The maximum atomic E-state index is 12.2. The Labute approximate surface area is 173 Å². The summed E-state index contributed by atoms with van der Waals surface area (Å²) >= 11 is 0. The number of benzene rings is 1. The molecule has 0 amide bonds. The van der Waals surface area contributed by atoms with Crippen molar-refractivity contribution in [2.75, 3.05) is 39.0 Å². The van der Waals surface area contributed by atoms with E-state index in [0.29, 0.717) is 19.0 Å². The molecular weight excluding hydrogens is 465 g/mol. The van der Waals surface area contributed by atoms with Gasteiger partial charge in [0, 0.05) is 32.6 Å². The van der Waals surface area contributed by atoms with Gasteiger partial charge >= 0.3 is 0 Å². The summed E-state index contributed by atoms with van der Waals surface area (Å²) in [5.41, 5.74) is 1.22. The lowest BCUT2D eigenvalue weighted by Gasteiger charge is -2.39. The summed E-state index contributed by atoms with van der Waals surface area (Å²) in [6, 6.07) is 8.14. The van der Waals surface area contributed by atoms with Crippen molar-refractivity contribution in [3.05, 3.63) is 29.8 Å². The van der Waals surface area contributed by atoms with E-state index in [9.17, 15) is 8.42 Å². The number of aliphatic imine (C=N–C) groups is 1. The van der Waals surface area contributed by atoms with E-state index in [0.717, 1.165) is 31.3 Å². The van der Waals surface area contributed by atoms with Gasteiger partial charge in [-0.25, -0.2) is 8.42 Å². The zero-order valence-corrected chi connectivity index (χ0v) is 18.7. The smallest absolute Gasteiger partial charge is 0.193 e. The molecule has 1 aromatic rings. The topological polar surface area (TPSA) is 71.0 Å². The fourth-order valence-electron chi connectivity index (χ4n) is 3.50. The standard InChI is InChI=1S/C18H27N3O3S.HI/c1-18(2)13-21(9-11-25(18,22)23)17(19-3)20-12-14-8-10-24-16-7-5-4-6-15(14)16;/h4-7,14H,8-13H2,1-3H3,(H,19,20);1H. The van der Waals surface area contributed by atoms with Gasteiger partial charge in [0.15, 0.2) is 15.8 Å². The fraction of sp³-hybridized carbons (Fsp3) is 0.611. The van der Waals surface area contributed by atoms with Gasteiger partial charge in [0.2, 0.25) is 0 Å². The van der Waals surface area contributed by atoms with Crippen LogP contribution in [0.3, 0.4) is 0 Å². The van der Waals surface area contributed by atoms with Crippen molar-refractivity contribution < 1.29 is 13.2 Å². The first-order valence-electron chi connectivity index (χ1n) is 8.74. The molecule has 26 heavy (non-hydrogen) atoms. The van der Waals surface area contributed by atoms with E-state index in [1.807, 2.05) is 23.1 Å². The number of nitrogens with zero attached hydrogens (tertiary/aromatic N) is 2. The fourth-order valence-corrected chi connectivity index (χ4v) is 4.87. The Morgan fingerprint density at radius 3 is 2.81 bits per heavy atom. The molecule has 0 saturated carbocycles. The molecule has 0 bridgehead atoms. The lowest BCUT2D eigenvalue weighted by Crippen LogP contribution is -2.57. The lowest BCUT2D eigenvalue weighted by molar-refractivity contribution is 0.265. The first-order valence-corrected chi connectivity index (χ1v) is 10.4. The van der Waals surface area contributed by atoms with Crippen molar-refractivity contribution in [2.45, 2.75) is 30.9 Å². The van der Waals surface area contributed by atoms with Gasteiger partial charge < -0.3 is 15.0 Å². The van der Waals surface area contributed by atoms with Gasteiger partial charge in [0.25, 0.3) is 0 Å². The largest absolute Gasteiger partial charge is 0.493 e. The highest BCUT2D eigenvalue weighted by Gasteiger charge is 2.41. The molecule has 1 saturated heterocycles. The van der Waals surface area contributed by atoms with Gasteiger partial charge in [-0.2, -0.15) is 0 Å². The summed E-state index contributed by atoms with van der Waals surface area (Å²) < 4.78 is 29.4. The number of guanidine groups is 1. The molecule has 1 unspecified atom stereocenters. The summed E-state index contributed by atoms with van der Waals surface area (Å²) in [5.74, 6) is 2.26. The minimum absolute atomic E-state index is 0. The molecule has 146 valence electrons. The maximum Gasteiger partial charge on any atom is 0.193 e. The molecule has 1 fully saturated rings. The number of nitrogens with one attached hydrogen (secondary N) is 1. The first kappa shape index (κ1) is 21.3. The highest BCUT2D eigenvalue weighted by molar-refractivity contribution is 14.0. The summed E-state index contributed by atoms with van der Waals surface area (Å²) in [5, 5.41) is 3.44. The normalized spacial score (nSPS) is 24.0. The maximum absolute atomic E-state index is 12.2. The molecule has 8 heteroatoms. The monoisotopic (exact) mass is 493 g/mol. The van der Waals surface area contributed by atoms with Crippen LogP contribution in [0.15, 0.2) is 29.3 Å². The molecule has 6 nitrogen and oxygen atoms in total. The second kappa shape index (κ2) is 8.33. The number of hydrogen-bond donors (Lipinski definition) is 1. The number of halogens is 1. The average molecular weight is 493 g/mol. The third kappa shape index (κ3) is 4.27. The van der Waals surface area contributed by atoms with Crippen LogP contribution in [0.25, 0.3) is 0 Å². The average Bonchev–Trinajstić information content (AvgIpc) is 2.58. The van der Waals surface area contributed by atoms with Crippen LogP contribution in [-0.4, -0.2) is 63.1 Å². The molecule has 2 aliphatic rings. The molecule has 0 aliphatic carbocycles. The van der Waals surface area contributed by atoms with Crippen molar-refractivity contribution in [2.24, 2.45) is 4.99 Å². The van der Waals surface area contributed by atoms with Crippen molar-refractivity contribution in [1.29, 1.82) is 0 Å². The quantitative estimate of drug-likeness (QED) is 0.389. The van der Waals surface area contributed by atoms with Crippen molar-refractivity contribution in [3.8, 4) is 5.75 Å². The van der Waals surface area contributed by atoms with Crippen LogP contribution in [0.5, 0.6) is 5.75 Å². The molecule has 1 aromatic carbocycles. The van der Waals surface area contributed by atoms with Crippen molar-refractivity contribution in [3.63, 3.8) is 0 Å². The van der Waals surface area contributed by atoms with E-state index in [2.05, 4.69) is 16.4 Å². The second-order valence-electron chi connectivity index (χ2n) is 7.30. The Morgan fingerprint density at radius 2 is 2.12 bits per heavy atom. The van der Waals surface area contributed by atoms with E-state index in [1.165, 1.54) is 5.56 Å². The molecule has 2 heterocycles. The van der Waals surface area contributed by atoms with Gasteiger partial charge in [-0.3, -0.25) is 4.99 Å². The Kier molecular flexibility index (Phi) is 6.81. The second-order valence-corrected chi connectivity index (χ2v) is 10.0. The van der Waals surface area contributed by atoms with Gasteiger partial charge in [-0.05, 0) is 31.9 Å². The Bertz CT molecular complexity index is 765. The van der Waals surface area contributed by atoms with E-state index < -0.39 is 14.6 Å². The van der Waals surface area contributed by atoms with Crippen LogP contribution in [0.1, 0.15) is 31.7 Å². The van der Waals surface area contributed by atoms with Gasteiger partial charge in [-0.15, -0.1) is 24.0 Å². The minimum atomic E-state index is -3.05. The third-order valence-electron chi connectivity index (χ3n) is 5.14. The Balaban J connectivity index is 0.00000243. The molecule has 3 rings (SSSR count). The zero-order valence-electron chi connectivity index (χ0n) is 15.6. The predicted octanol–water partition coefficient (Wildman–Crippen LogP) is 2.26. The van der Waals surface area contributed by atoms with Crippen LogP contribution in [0, 0.1) is 0 Å². The number of ether oxygens (including phenoxy) is 1. The highest BCUT2D eigenvalue weighted by atomic mass is 127. The summed E-state index contributed by atoms with van der Waals surface area (Å²) in [4.78, 5) is 6.42. The molecule has 0 radical (unpaired) electrons. The zero-order chi connectivity index (χ0) is 18.1. The number of para-hydroxylation sites is 1. The molecular formula is C18H28IN3O3S. The van der Waals surface area contributed by atoms with E-state index in [1.54, 1.807) is 20.9 Å². The minimum Gasteiger partial charge on any atom is -0.493 e.